The maximum Gasteiger partial charge on any atom is 0.231 e. The van der Waals surface area contributed by atoms with Gasteiger partial charge in [-0.15, -0.1) is 0 Å². The third-order valence-electron chi connectivity index (χ3n) is 5.37. The van der Waals surface area contributed by atoms with Crippen LogP contribution in [0.4, 0.5) is 5.69 Å². The summed E-state index contributed by atoms with van der Waals surface area (Å²) < 4.78 is 12.3. The molecule has 1 aromatic carbocycles. The zero-order valence-corrected chi connectivity index (χ0v) is 18.9. The first-order valence-corrected chi connectivity index (χ1v) is 10.8. The van der Waals surface area contributed by atoms with E-state index in [1.54, 1.807) is 0 Å². The summed E-state index contributed by atoms with van der Waals surface area (Å²) in [7, 11) is 0. The average molecular weight is 518 g/mol. The van der Waals surface area contributed by atoms with Crippen molar-refractivity contribution in [3.05, 3.63) is 68.8 Å². The van der Waals surface area contributed by atoms with E-state index in [1.165, 1.54) is 9.13 Å². The molecule has 5 rings (SSSR count). The number of nitrogens with zero attached hydrogens (tertiary/aromatic N) is 2. The Kier molecular flexibility index (Phi) is 4.62. The second kappa shape index (κ2) is 7.17. The Morgan fingerprint density at radius 3 is 2.69 bits per heavy atom. The molecule has 2 atom stereocenters. The Hall–Kier alpha value is -2.33. The van der Waals surface area contributed by atoms with Gasteiger partial charge in [0.2, 0.25) is 6.79 Å². The van der Waals surface area contributed by atoms with Crippen LogP contribution >= 0.6 is 34.8 Å². The number of nitrogens with one attached hydrogen (secondary N) is 2. The van der Waals surface area contributed by atoms with E-state index in [-0.39, 0.29) is 18.9 Å². The molecule has 0 radical (unpaired) electrons. The number of aromatic nitrogens is 2. The number of thiocarbonyl (C=S) groups is 1. The van der Waals surface area contributed by atoms with E-state index in [0.29, 0.717) is 5.11 Å². The molecule has 0 bridgehead atoms. The quantitative estimate of drug-likeness (QED) is 0.393. The molecule has 6 nitrogen and oxygen atoms in total. The minimum Gasteiger partial charge on any atom is -0.454 e. The van der Waals surface area contributed by atoms with Crippen LogP contribution in [0.15, 0.2) is 42.6 Å². The lowest BCUT2D eigenvalue weighted by atomic mass is 9.96. The molecule has 4 heterocycles. The van der Waals surface area contributed by atoms with Crippen LogP contribution in [-0.4, -0.2) is 21.9 Å². The number of aromatic amines is 1. The van der Waals surface area contributed by atoms with Gasteiger partial charge in [-0.05, 0) is 72.9 Å². The van der Waals surface area contributed by atoms with Gasteiger partial charge in [-0.1, -0.05) is 6.07 Å². The molecule has 0 aliphatic carbocycles. The molecule has 1 saturated heterocycles. The third kappa shape index (κ3) is 3.05. The molecule has 1 fully saturated rings. The number of hydrogen-bond acceptors (Lipinski definition) is 4. The van der Waals surface area contributed by atoms with Crippen molar-refractivity contribution in [1.29, 1.82) is 0 Å². The van der Waals surface area contributed by atoms with E-state index in [0.717, 1.165) is 34.3 Å². The molecule has 3 aromatic rings. The van der Waals surface area contributed by atoms with Gasteiger partial charge >= 0.3 is 0 Å². The van der Waals surface area contributed by atoms with Crippen molar-refractivity contribution in [2.75, 3.05) is 11.7 Å². The summed E-state index contributed by atoms with van der Waals surface area (Å²) in [5.74, 6) is 1.50. The number of ether oxygens (including phenoxy) is 2. The van der Waals surface area contributed by atoms with Crippen LogP contribution in [0.25, 0.3) is 0 Å². The molecule has 2 aliphatic rings. The molecular formula is C21H19IN4O2S. The zero-order chi connectivity index (χ0) is 20.1. The fourth-order valence-corrected chi connectivity index (χ4v) is 5.29. The highest BCUT2D eigenvalue weighted by atomic mass is 127. The smallest absolute Gasteiger partial charge is 0.231 e. The Balaban J connectivity index is 1.67. The predicted molar refractivity (Wildman–Crippen MR) is 123 cm³/mol. The van der Waals surface area contributed by atoms with Gasteiger partial charge in [0.25, 0.3) is 0 Å². The fraction of sp³-hybridized carbons (Fsp3) is 0.238. The minimum atomic E-state index is -0.0726. The molecule has 2 N–H and O–H groups in total. The number of pyridine rings is 1. The molecule has 2 unspecified atom stereocenters. The van der Waals surface area contributed by atoms with Crippen molar-refractivity contribution in [2.45, 2.75) is 25.9 Å². The highest BCUT2D eigenvalue weighted by Gasteiger charge is 2.43. The van der Waals surface area contributed by atoms with Gasteiger partial charge in [-0.3, -0.25) is 4.98 Å². The van der Waals surface area contributed by atoms with Gasteiger partial charge in [-0.25, -0.2) is 0 Å². The lowest BCUT2D eigenvalue weighted by Gasteiger charge is -2.28. The van der Waals surface area contributed by atoms with Crippen LogP contribution in [0.2, 0.25) is 0 Å². The molecular weight excluding hydrogens is 499 g/mol. The van der Waals surface area contributed by atoms with Crippen molar-refractivity contribution in [3.63, 3.8) is 0 Å². The van der Waals surface area contributed by atoms with Crippen LogP contribution in [-0.2, 0) is 0 Å². The van der Waals surface area contributed by atoms with Gasteiger partial charge in [0, 0.05) is 38.5 Å². The molecule has 2 aromatic heterocycles. The average Bonchev–Trinajstić information content (AvgIpc) is 3.38. The summed E-state index contributed by atoms with van der Waals surface area (Å²) >= 11 is 8.22. The van der Waals surface area contributed by atoms with E-state index in [1.807, 2.05) is 42.6 Å². The summed E-state index contributed by atoms with van der Waals surface area (Å²) in [6.07, 6.45) is 1.82. The molecule has 8 heteroatoms. The topological polar surface area (TPSA) is 62.4 Å². The van der Waals surface area contributed by atoms with E-state index in [9.17, 15) is 0 Å². The Bertz CT molecular complexity index is 1100. The van der Waals surface area contributed by atoms with Crippen LogP contribution in [0.3, 0.4) is 0 Å². The molecule has 148 valence electrons. The first-order valence-electron chi connectivity index (χ1n) is 9.29. The zero-order valence-electron chi connectivity index (χ0n) is 15.9. The summed E-state index contributed by atoms with van der Waals surface area (Å²) in [4.78, 5) is 10.3. The van der Waals surface area contributed by atoms with Crippen LogP contribution in [0.5, 0.6) is 11.5 Å². The highest BCUT2D eigenvalue weighted by molar-refractivity contribution is 14.1. The van der Waals surface area contributed by atoms with Gasteiger partial charge in [0.05, 0.1) is 17.8 Å². The highest BCUT2D eigenvalue weighted by Crippen LogP contribution is 2.46. The SMILES string of the molecule is Cc1[nH]c(C)c(C2C(c3ccccn3)NC(=S)N2c2ccc3c(c2)OCO3)c1I. The number of hydrogen-bond donors (Lipinski definition) is 2. The predicted octanol–water partition coefficient (Wildman–Crippen LogP) is 4.54. The van der Waals surface area contributed by atoms with Crippen LogP contribution in [0, 0.1) is 17.4 Å². The van der Waals surface area contributed by atoms with Crippen LogP contribution < -0.4 is 19.7 Å². The van der Waals surface area contributed by atoms with Gasteiger partial charge in [0.15, 0.2) is 16.6 Å². The van der Waals surface area contributed by atoms with Crippen molar-refractivity contribution in [1.82, 2.24) is 15.3 Å². The second-order valence-corrected chi connectivity index (χ2v) is 8.60. The number of aryl methyl sites for hydroxylation is 2. The second-order valence-electron chi connectivity index (χ2n) is 7.14. The Morgan fingerprint density at radius 2 is 1.97 bits per heavy atom. The lowest BCUT2D eigenvalue weighted by molar-refractivity contribution is 0.174. The fourth-order valence-electron chi connectivity index (χ4n) is 4.08. The van der Waals surface area contributed by atoms with Gasteiger partial charge in [-0.2, -0.15) is 0 Å². The number of rotatable bonds is 3. The summed E-state index contributed by atoms with van der Waals surface area (Å²) in [5.41, 5.74) is 5.43. The van der Waals surface area contributed by atoms with Crippen molar-refractivity contribution in [3.8, 4) is 11.5 Å². The van der Waals surface area contributed by atoms with Crippen molar-refractivity contribution >= 4 is 45.6 Å². The lowest BCUT2D eigenvalue weighted by Crippen LogP contribution is -2.29. The molecule has 0 spiro atoms. The maximum absolute atomic E-state index is 5.80. The maximum atomic E-state index is 5.80. The minimum absolute atomic E-state index is 0.0466. The van der Waals surface area contributed by atoms with E-state index < -0.39 is 0 Å². The first kappa shape index (κ1) is 18.7. The van der Waals surface area contributed by atoms with E-state index >= 15 is 0 Å². The monoisotopic (exact) mass is 518 g/mol. The first-order chi connectivity index (χ1) is 14.0. The Morgan fingerprint density at radius 1 is 1.14 bits per heavy atom. The standard InChI is InChI=1S/C21H19IN4O2S/c1-11-17(18(22)12(2)24-11)20-19(14-5-3-4-8-23-14)25-21(29)26(20)13-6-7-15-16(9-13)28-10-27-15/h3-9,19-20,24H,10H2,1-2H3,(H,25,29). The van der Waals surface area contributed by atoms with Crippen LogP contribution in [0.1, 0.15) is 34.7 Å². The normalized spacial score (nSPS) is 20.2. The Labute approximate surface area is 187 Å². The number of fused-ring (bicyclic) bond motifs is 1. The van der Waals surface area contributed by atoms with Gasteiger partial charge < -0.3 is 24.7 Å². The molecule has 0 amide bonds. The molecule has 2 aliphatic heterocycles. The summed E-state index contributed by atoms with van der Waals surface area (Å²) in [6.45, 7) is 4.45. The van der Waals surface area contributed by atoms with Crippen molar-refractivity contribution in [2.24, 2.45) is 0 Å². The molecule has 29 heavy (non-hydrogen) atoms. The van der Waals surface area contributed by atoms with E-state index in [2.05, 4.69) is 56.6 Å². The number of H-pyrrole nitrogens is 1. The molecule has 0 saturated carbocycles. The third-order valence-corrected chi connectivity index (χ3v) is 7.08. The van der Waals surface area contributed by atoms with Crippen molar-refractivity contribution < 1.29 is 9.47 Å². The number of halogens is 1. The van der Waals surface area contributed by atoms with E-state index in [4.69, 9.17) is 21.7 Å². The van der Waals surface area contributed by atoms with Gasteiger partial charge in [0.1, 0.15) is 0 Å². The number of benzene rings is 1. The summed E-state index contributed by atoms with van der Waals surface area (Å²) in [5, 5.41) is 4.17. The largest absolute Gasteiger partial charge is 0.454 e. The number of anilines is 1. The summed E-state index contributed by atoms with van der Waals surface area (Å²) in [6, 6.07) is 11.8.